The highest BCUT2D eigenvalue weighted by Crippen LogP contribution is 2.29. The van der Waals surface area contributed by atoms with Crippen molar-refractivity contribution in [1.82, 2.24) is 4.98 Å². The van der Waals surface area contributed by atoms with Crippen LogP contribution in [0.4, 0.5) is 24.5 Å². The van der Waals surface area contributed by atoms with Gasteiger partial charge in [-0.3, -0.25) is 4.79 Å². The number of pyridine rings is 1. The van der Waals surface area contributed by atoms with Gasteiger partial charge in [0.25, 0.3) is 5.91 Å². The Morgan fingerprint density at radius 1 is 0.929 bits per heavy atom. The summed E-state index contributed by atoms with van der Waals surface area (Å²) in [4.78, 5) is 16.4. The van der Waals surface area contributed by atoms with Crippen LogP contribution in [0.1, 0.15) is 34.6 Å². The molecule has 1 heterocycles. The summed E-state index contributed by atoms with van der Waals surface area (Å²) in [7, 11) is 0. The molecule has 4 nitrogen and oxygen atoms in total. The van der Waals surface area contributed by atoms with E-state index in [1.807, 2.05) is 37.3 Å². The van der Waals surface area contributed by atoms with Crippen LogP contribution in [-0.4, -0.2) is 10.9 Å². The molecule has 0 aliphatic heterocycles. The molecule has 0 bridgehead atoms. The summed E-state index contributed by atoms with van der Waals surface area (Å²) < 4.78 is 37.7. The van der Waals surface area contributed by atoms with Gasteiger partial charge in [-0.1, -0.05) is 30.3 Å². The van der Waals surface area contributed by atoms with Crippen LogP contribution in [-0.2, 0) is 6.18 Å². The van der Waals surface area contributed by atoms with Crippen molar-refractivity contribution in [2.24, 2.45) is 0 Å². The summed E-state index contributed by atoms with van der Waals surface area (Å²) in [6, 6.07) is 17.5. The smallest absolute Gasteiger partial charge is 0.377 e. The Balaban J connectivity index is 1.62. The third-order valence-electron chi connectivity index (χ3n) is 4.15. The van der Waals surface area contributed by atoms with E-state index in [9.17, 15) is 18.0 Å². The number of hydrogen-bond acceptors (Lipinski definition) is 3. The minimum atomic E-state index is -4.41. The first-order chi connectivity index (χ1) is 13.3. The van der Waals surface area contributed by atoms with Gasteiger partial charge in [-0.2, -0.15) is 13.2 Å². The summed E-state index contributed by atoms with van der Waals surface area (Å²) in [5.74, 6) is -0.498. The molecule has 1 aromatic heterocycles. The zero-order valence-corrected chi connectivity index (χ0v) is 15.0. The van der Waals surface area contributed by atoms with Crippen LogP contribution < -0.4 is 10.6 Å². The normalized spacial score (nSPS) is 12.3. The Hall–Kier alpha value is -3.35. The van der Waals surface area contributed by atoms with Crippen molar-refractivity contribution in [1.29, 1.82) is 0 Å². The zero-order chi connectivity index (χ0) is 20.1. The maximum atomic E-state index is 12.6. The first-order valence-corrected chi connectivity index (χ1v) is 8.59. The number of hydrogen-bond donors (Lipinski definition) is 2. The summed E-state index contributed by atoms with van der Waals surface area (Å²) in [5.41, 5.74) is 1.53. The topological polar surface area (TPSA) is 54.0 Å². The molecule has 7 heteroatoms. The number of carbonyl (C=O) groups is 1. The van der Waals surface area contributed by atoms with Gasteiger partial charge in [-0.25, -0.2) is 4.98 Å². The van der Waals surface area contributed by atoms with E-state index in [1.165, 1.54) is 12.1 Å². The molecule has 2 N–H and O–H groups in total. The standard InChI is InChI=1S/C21H18F3N3O/c1-14(15-5-3-2-4-6-15)26-18-11-12-19(25-13-18)20(28)27-17-9-7-16(8-10-17)21(22,23)24/h2-14,26H,1H3,(H,27,28). The minimum absolute atomic E-state index is 0.0647. The SMILES string of the molecule is CC(Nc1ccc(C(=O)Nc2ccc(C(F)(F)F)cc2)nc1)c1ccccc1. The first kappa shape index (κ1) is 19.4. The van der Waals surface area contributed by atoms with Crippen molar-refractivity contribution >= 4 is 17.3 Å². The van der Waals surface area contributed by atoms with Crippen molar-refractivity contribution in [2.75, 3.05) is 10.6 Å². The lowest BCUT2D eigenvalue weighted by Gasteiger charge is -2.15. The van der Waals surface area contributed by atoms with Gasteiger partial charge in [-0.05, 0) is 48.9 Å². The summed E-state index contributed by atoms with van der Waals surface area (Å²) in [6.07, 6.45) is -2.87. The number of amides is 1. The molecule has 0 radical (unpaired) electrons. The minimum Gasteiger partial charge on any atom is -0.377 e. The number of alkyl halides is 3. The van der Waals surface area contributed by atoms with E-state index in [0.29, 0.717) is 0 Å². The Bertz CT molecular complexity index is 924. The molecule has 0 saturated carbocycles. The van der Waals surface area contributed by atoms with E-state index in [-0.39, 0.29) is 17.4 Å². The van der Waals surface area contributed by atoms with E-state index in [2.05, 4.69) is 15.6 Å². The van der Waals surface area contributed by atoms with E-state index in [0.717, 1.165) is 23.4 Å². The van der Waals surface area contributed by atoms with Crippen LogP contribution in [0, 0.1) is 0 Å². The fourth-order valence-electron chi connectivity index (χ4n) is 2.63. The third-order valence-corrected chi connectivity index (χ3v) is 4.15. The van der Waals surface area contributed by atoms with Crippen LogP contribution in [0.5, 0.6) is 0 Å². The molecular weight excluding hydrogens is 367 g/mol. The predicted octanol–water partition coefficient (Wildman–Crippen LogP) is 5.53. The Morgan fingerprint density at radius 2 is 1.57 bits per heavy atom. The van der Waals surface area contributed by atoms with Crippen molar-refractivity contribution < 1.29 is 18.0 Å². The Labute approximate surface area is 160 Å². The summed E-state index contributed by atoms with van der Waals surface area (Å²) in [6.45, 7) is 2.01. The van der Waals surface area contributed by atoms with Gasteiger partial charge in [0.05, 0.1) is 17.4 Å². The van der Waals surface area contributed by atoms with E-state index in [4.69, 9.17) is 0 Å². The second-order valence-electron chi connectivity index (χ2n) is 6.24. The van der Waals surface area contributed by atoms with Gasteiger partial charge in [-0.15, -0.1) is 0 Å². The van der Waals surface area contributed by atoms with Gasteiger partial charge in [0.1, 0.15) is 5.69 Å². The van der Waals surface area contributed by atoms with E-state index >= 15 is 0 Å². The lowest BCUT2D eigenvalue weighted by atomic mass is 10.1. The number of anilines is 2. The summed E-state index contributed by atoms with van der Waals surface area (Å²) in [5, 5.41) is 5.83. The average Bonchev–Trinajstić information content (AvgIpc) is 2.69. The molecule has 1 amide bonds. The zero-order valence-electron chi connectivity index (χ0n) is 15.0. The average molecular weight is 385 g/mol. The second-order valence-corrected chi connectivity index (χ2v) is 6.24. The lowest BCUT2D eigenvalue weighted by Crippen LogP contribution is -2.14. The number of aromatic nitrogens is 1. The molecule has 1 unspecified atom stereocenters. The number of benzene rings is 2. The van der Waals surface area contributed by atoms with Crippen LogP contribution in [0.25, 0.3) is 0 Å². The van der Waals surface area contributed by atoms with Crippen LogP contribution >= 0.6 is 0 Å². The maximum Gasteiger partial charge on any atom is 0.416 e. The third kappa shape index (κ3) is 4.88. The fourth-order valence-corrected chi connectivity index (χ4v) is 2.63. The number of nitrogens with one attached hydrogen (secondary N) is 2. The highest BCUT2D eigenvalue weighted by atomic mass is 19.4. The van der Waals surface area contributed by atoms with Crippen molar-refractivity contribution in [3.05, 3.63) is 89.7 Å². The molecule has 0 aliphatic rings. The van der Waals surface area contributed by atoms with Crippen molar-refractivity contribution in [3.63, 3.8) is 0 Å². The second kappa shape index (κ2) is 8.12. The van der Waals surface area contributed by atoms with Gasteiger partial charge < -0.3 is 10.6 Å². The predicted molar refractivity (Wildman–Crippen MR) is 102 cm³/mol. The van der Waals surface area contributed by atoms with Gasteiger partial charge >= 0.3 is 6.18 Å². The molecule has 28 heavy (non-hydrogen) atoms. The van der Waals surface area contributed by atoms with Crippen LogP contribution in [0.2, 0.25) is 0 Å². The highest BCUT2D eigenvalue weighted by molar-refractivity contribution is 6.02. The highest BCUT2D eigenvalue weighted by Gasteiger charge is 2.30. The molecule has 0 spiro atoms. The molecule has 0 saturated heterocycles. The monoisotopic (exact) mass is 385 g/mol. The number of carbonyl (C=O) groups excluding carboxylic acids is 1. The van der Waals surface area contributed by atoms with Crippen LogP contribution in [0.15, 0.2) is 72.9 Å². The number of halogens is 3. The van der Waals surface area contributed by atoms with Gasteiger partial charge in [0.2, 0.25) is 0 Å². The Kier molecular flexibility index (Phi) is 5.63. The molecule has 0 aliphatic carbocycles. The molecule has 3 aromatic rings. The lowest BCUT2D eigenvalue weighted by molar-refractivity contribution is -0.137. The molecule has 144 valence electrons. The van der Waals surface area contributed by atoms with Crippen molar-refractivity contribution in [3.8, 4) is 0 Å². The number of nitrogens with zero attached hydrogens (tertiary/aromatic N) is 1. The largest absolute Gasteiger partial charge is 0.416 e. The molecule has 1 atom stereocenters. The van der Waals surface area contributed by atoms with E-state index < -0.39 is 17.6 Å². The Morgan fingerprint density at radius 3 is 2.14 bits per heavy atom. The summed E-state index contributed by atoms with van der Waals surface area (Å²) >= 11 is 0. The van der Waals surface area contributed by atoms with E-state index in [1.54, 1.807) is 18.3 Å². The molecule has 2 aromatic carbocycles. The van der Waals surface area contributed by atoms with Gasteiger partial charge in [0, 0.05) is 11.7 Å². The molecule has 0 fully saturated rings. The van der Waals surface area contributed by atoms with Crippen molar-refractivity contribution in [2.45, 2.75) is 19.1 Å². The maximum absolute atomic E-state index is 12.6. The quantitative estimate of drug-likeness (QED) is 0.608. The molecular formula is C21H18F3N3O. The number of rotatable bonds is 5. The first-order valence-electron chi connectivity index (χ1n) is 8.59. The molecule has 3 rings (SSSR count). The van der Waals surface area contributed by atoms with Gasteiger partial charge in [0.15, 0.2) is 0 Å². The fraction of sp³-hybridized carbons (Fsp3) is 0.143. The van der Waals surface area contributed by atoms with Crippen LogP contribution in [0.3, 0.4) is 0 Å².